The number of hydrogen-bond donors (Lipinski definition) is 1. The van der Waals surface area contributed by atoms with Gasteiger partial charge in [-0.2, -0.15) is 13.2 Å². The van der Waals surface area contributed by atoms with Crippen LogP contribution >= 0.6 is 57.6 Å². The molecule has 0 radical (unpaired) electrons. The molecule has 2 N–H and O–H groups in total. The number of halogens is 10. The first-order chi connectivity index (χ1) is 8.97. The summed E-state index contributed by atoms with van der Waals surface area (Å²) in [5, 5.41) is 0. The van der Waals surface area contributed by atoms with Crippen LogP contribution in [-0.4, -0.2) is 11.9 Å². The Kier molecular flexibility index (Phi) is 4.52. The summed E-state index contributed by atoms with van der Waals surface area (Å²) in [6.07, 6.45) is -7.45. The molecule has 0 aliphatic rings. The van der Waals surface area contributed by atoms with Gasteiger partial charge in [-0.3, -0.25) is 0 Å². The summed E-state index contributed by atoms with van der Waals surface area (Å²) < 4.78 is 90.9. The van der Waals surface area contributed by atoms with E-state index in [9.17, 15) is 28.7 Å². The number of nitrogens with two attached hydrogens (primary N) is 1. The molecular weight excluding hydrogens is 527 g/mol. The van der Waals surface area contributed by atoms with Crippen molar-refractivity contribution in [3.8, 4) is 0 Å². The molecule has 0 aromatic heterocycles. The average molecular weight is 534 g/mol. The minimum Gasteiger partial charge on any atom is -0.397 e. The van der Waals surface area contributed by atoms with Crippen LogP contribution in [0.4, 0.5) is 34.4 Å². The van der Waals surface area contributed by atoms with Gasteiger partial charge in [-0.25, -0.2) is 0 Å². The van der Waals surface area contributed by atoms with E-state index in [-0.39, 0.29) is 4.47 Å². The highest BCUT2D eigenvalue weighted by molar-refractivity contribution is 9.11. The quantitative estimate of drug-likeness (QED) is 0.321. The van der Waals surface area contributed by atoms with Gasteiger partial charge in [0, 0.05) is 8.95 Å². The molecule has 0 bridgehead atoms. The van der Waals surface area contributed by atoms with E-state index in [1.165, 1.54) is 0 Å². The third kappa shape index (κ3) is 4.41. The van der Waals surface area contributed by atoms with Gasteiger partial charge in [-0.05, 0) is 53.9 Å². The molecule has 0 atom stereocenters. The highest BCUT2D eigenvalue weighted by Gasteiger charge is 2.67. The Morgan fingerprint density at radius 3 is 1.90 bits per heavy atom. The summed E-state index contributed by atoms with van der Waals surface area (Å²) >= 11 is 7.91. The Morgan fingerprint density at radius 2 is 1.48 bits per heavy atom. The molecule has 124 valence electrons. The smallest absolute Gasteiger partial charge is 0.390 e. The van der Waals surface area contributed by atoms with Crippen LogP contribution in [0.1, 0.15) is 6.42 Å². The predicted octanol–water partition coefficient (Wildman–Crippen LogP) is 7.28. The third-order valence-electron chi connectivity index (χ3n) is 2.41. The molecule has 21 heavy (non-hydrogen) atoms. The van der Waals surface area contributed by atoms with Crippen molar-refractivity contribution in [2.24, 2.45) is 0 Å². The second kappa shape index (κ2) is 4.91. The minimum atomic E-state index is -9.18. The fourth-order valence-corrected chi connectivity index (χ4v) is 7.55. The normalized spacial score (nSPS) is 16.5. The lowest BCUT2D eigenvalue weighted by Gasteiger charge is -2.51. The highest BCUT2D eigenvalue weighted by atomic mass is 79.9. The third-order valence-corrected chi connectivity index (χ3v) is 7.40. The number of benzene rings is 1. The van der Waals surface area contributed by atoms with Crippen LogP contribution in [0.5, 0.6) is 0 Å². The average Bonchev–Trinajstić information content (AvgIpc) is 2.21. The van der Waals surface area contributed by atoms with Gasteiger partial charge >= 0.3 is 6.18 Å². The number of alkyl halides is 3. The summed E-state index contributed by atoms with van der Waals surface area (Å²) in [5.74, 6) is -2.62. The van der Waals surface area contributed by atoms with Crippen molar-refractivity contribution in [2.75, 3.05) is 11.5 Å². The van der Waals surface area contributed by atoms with Crippen molar-refractivity contribution >= 4 is 63.3 Å². The number of rotatable bonds is 3. The monoisotopic (exact) mass is 531 g/mol. The second-order valence-corrected chi connectivity index (χ2v) is 10.0. The Bertz CT molecular complexity index is 595. The highest BCUT2D eigenvalue weighted by Crippen LogP contribution is 3.02. The van der Waals surface area contributed by atoms with E-state index in [0.29, 0.717) is 0 Å². The molecule has 0 aliphatic heterocycles. The summed E-state index contributed by atoms with van der Waals surface area (Å²) in [5.41, 5.74) is 4.90. The molecule has 0 unspecified atom stereocenters. The molecule has 0 saturated heterocycles. The maximum absolute atomic E-state index is 14.0. The lowest BCUT2D eigenvalue weighted by Crippen LogP contribution is -2.25. The van der Waals surface area contributed by atoms with Crippen LogP contribution in [0.3, 0.4) is 0 Å². The molecule has 0 amide bonds. The van der Waals surface area contributed by atoms with E-state index < -0.39 is 47.7 Å². The van der Waals surface area contributed by atoms with Crippen LogP contribution < -0.4 is 5.73 Å². The molecule has 0 heterocycles. The topological polar surface area (TPSA) is 26.0 Å². The lowest BCUT2D eigenvalue weighted by molar-refractivity contribution is -0.130. The lowest BCUT2D eigenvalue weighted by atomic mass is 10.3. The second-order valence-electron chi connectivity index (χ2n) is 4.21. The number of hydrogen-bond acceptors (Lipinski definition) is 1. The standard InChI is InChI=1S/C9H7Br3F7NS/c10-4-3-5(11)8(6(12)7(4)20)21(16,17,18,19)2-1-9(13,14)15/h3H,1-2,20H2. The van der Waals surface area contributed by atoms with E-state index in [4.69, 9.17) is 5.73 Å². The first-order valence-electron chi connectivity index (χ1n) is 4.96. The Balaban J connectivity index is 3.58. The molecule has 1 nitrogen and oxygen atoms in total. The minimum absolute atomic E-state index is 0.0363. The number of nitrogen functional groups attached to an aromatic ring is 1. The SMILES string of the molecule is Nc1c(Br)cc(Br)c(S(F)(F)(F)(F)CCC(F)(F)F)c1Br. The summed E-state index contributed by atoms with van der Waals surface area (Å²) in [4.78, 5) is -1.83. The van der Waals surface area contributed by atoms with Gasteiger partial charge in [-0.1, -0.05) is 0 Å². The zero-order valence-corrected chi connectivity index (χ0v) is 15.3. The van der Waals surface area contributed by atoms with Gasteiger partial charge in [0.2, 0.25) is 0 Å². The van der Waals surface area contributed by atoms with Crippen molar-refractivity contribution in [3.05, 3.63) is 19.5 Å². The van der Waals surface area contributed by atoms with Crippen LogP contribution in [0.15, 0.2) is 24.4 Å². The van der Waals surface area contributed by atoms with E-state index in [0.717, 1.165) is 6.07 Å². The summed E-state index contributed by atoms with van der Waals surface area (Å²) in [7, 11) is -9.18. The molecule has 0 saturated carbocycles. The zero-order chi connectivity index (χ0) is 16.9. The Morgan fingerprint density at radius 1 is 1.00 bits per heavy atom. The van der Waals surface area contributed by atoms with Crippen LogP contribution in [-0.2, 0) is 0 Å². The van der Waals surface area contributed by atoms with E-state index in [2.05, 4.69) is 47.8 Å². The predicted molar refractivity (Wildman–Crippen MR) is 79.8 cm³/mol. The fraction of sp³-hybridized carbons (Fsp3) is 0.333. The first-order valence-corrected chi connectivity index (χ1v) is 9.56. The zero-order valence-electron chi connectivity index (χ0n) is 9.76. The van der Waals surface area contributed by atoms with Crippen LogP contribution in [0, 0.1) is 0 Å². The van der Waals surface area contributed by atoms with Crippen LogP contribution in [0.25, 0.3) is 0 Å². The van der Waals surface area contributed by atoms with Gasteiger partial charge in [0.15, 0.2) is 9.84 Å². The van der Waals surface area contributed by atoms with Gasteiger partial charge in [-0.15, -0.1) is 15.5 Å². The molecule has 12 heteroatoms. The van der Waals surface area contributed by atoms with E-state index in [1.54, 1.807) is 0 Å². The van der Waals surface area contributed by atoms with Crippen molar-refractivity contribution in [1.82, 2.24) is 0 Å². The molecule has 1 aromatic rings. The molecule has 1 aromatic carbocycles. The van der Waals surface area contributed by atoms with Gasteiger partial charge in [0.25, 0.3) is 0 Å². The first kappa shape index (κ1) is 19.4. The molecular formula is C9H7Br3F7NS. The van der Waals surface area contributed by atoms with Gasteiger partial charge in [0.05, 0.1) is 22.3 Å². The largest absolute Gasteiger partial charge is 0.397 e. The van der Waals surface area contributed by atoms with Crippen molar-refractivity contribution in [2.45, 2.75) is 17.5 Å². The maximum Gasteiger partial charge on any atom is 0.390 e. The Hall–Kier alpha value is 0.320. The molecule has 0 fully saturated rings. The van der Waals surface area contributed by atoms with E-state index in [1.807, 2.05) is 0 Å². The maximum atomic E-state index is 14.0. The Labute approximate surface area is 140 Å². The fourth-order valence-electron chi connectivity index (χ4n) is 1.42. The van der Waals surface area contributed by atoms with Crippen molar-refractivity contribution in [1.29, 1.82) is 0 Å². The molecule has 0 spiro atoms. The summed E-state index contributed by atoms with van der Waals surface area (Å²) in [6.45, 7) is 0. The van der Waals surface area contributed by atoms with Crippen molar-refractivity contribution < 1.29 is 28.7 Å². The van der Waals surface area contributed by atoms with E-state index >= 15 is 0 Å². The molecule has 0 aliphatic carbocycles. The summed E-state index contributed by atoms with van der Waals surface area (Å²) in [6, 6.07) is 0.835. The number of anilines is 1. The molecule has 1 rings (SSSR count). The van der Waals surface area contributed by atoms with Gasteiger partial charge < -0.3 is 5.73 Å². The van der Waals surface area contributed by atoms with Crippen LogP contribution in [0.2, 0.25) is 0 Å². The van der Waals surface area contributed by atoms with Gasteiger partial charge in [0.1, 0.15) is 4.90 Å². The van der Waals surface area contributed by atoms with Crippen molar-refractivity contribution in [3.63, 3.8) is 0 Å².